The number of hydrogen-bond acceptors (Lipinski definition) is 14. The quantitative estimate of drug-likeness (QED) is 0.0943. The van der Waals surface area contributed by atoms with Gasteiger partial charge in [0.25, 0.3) is 0 Å². The highest BCUT2D eigenvalue weighted by molar-refractivity contribution is 5.17. The van der Waals surface area contributed by atoms with Crippen molar-refractivity contribution in [3.63, 3.8) is 0 Å². The van der Waals surface area contributed by atoms with Crippen LogP contribution in [-0.2, 0) is 33.2 Å². The van der Waals surface area contributed by atoms with Gasteiger partial charge in [0.15, 0.2) is 12.6 Å². The van der Waals surface area contributed by atoms with Crippen LogP contribution in [0.4, 0.5) is 0 Å². The summed E-state index contributed by atoms with van der Waals surface area (Å²) in [5.41, 5.74) is 6.92. The van der Waals surface area contributed by atoms with Gasteiger partial charge in [0.2, 0.25) is 0 Å². The molecule has 2 aromatic rings. The summed E-state index contributed by atoms with van der Waals surface area (Å²) in [5, 5.41) is 54.6. The zero-order valence-corrected chi connectivity index (χ0v) is 27.3. The molecule has 2 aliphatic rings. The maximum absolute atomic E-state index is 11.1. The number of nitrogens with zero attached hydrogens (tertiary/aromatic N) is 1. The normalized spacial score (nSPS) is 26.7. The summed E-state index contributed by atoms with van der Waals surface area (Å²) >= 11 is 0. The molecule has 4 rings (SSSR count). The molecule has 0 aromatic heterocycles. The standard InChI is InChI=1S/C34H52N2O12/c35-11-13-42-15-17-44-18-16-43-14-12-36(20-26(37)19-30-28(39)22-45-33(47-30)24-7-3-1-4-8-24)21-27(38)31(41)32-29(40)23-46-34(48-32)25-9-5-2-6-10-25/h1-10,26-34,37-41H,11-23,35H2/t26-,27+,28-,29-,30+,31-,32-,33?,34?/m1/s1. The molecule has 0 spiro atoms. The Morgan fingerprint density at radius 2 is 1.25 bits per heavy atom. The SMILES string of the molecule is NCCOCCOCCOCCN(C[C@H](O)C[C@@H]1OC(c2ccccc2)OC[C@H]1O)C[C@H](O)[C@@H](O)[C@@H]1OC(c2ccccc2)OC[C@H]1O. The lowest BCUT2D eigenvalue weighted by Crippen LogP contribution is -2.54. The van der Waals surface area contributed by atoms with Crippen LogP contribution < -0.4 is 5.73 Å². The zero-order valence-electron chi connectivity index (χ0n) is 27.3. The fourth-order valence-corrected chi connectivity index (χ4v) is 5.53. The van der Waals surface area contributed by atoms with Gasteiger partial charge in [-0.3, -0.25) is 4.90 Å². The molecule has 7 N–H and O–H groups in total. The Morgan fingerprint density at radius 3 is 1.85 bits per heavy atom. The van der Waals surface area contributed by atoms with E-state index >= 15 is 0 Å². The van der Waals surface area contributed by atoms with Crippen molar-refractivity contribution in [2.24, 2.45) is 5.73 Å². The van der Waals surface area contributed by atoms with E-state index < -0.39 is 55.3 Å². The minimum absolute atomic E-state index is 0.0536. The molecule has 0 bridgehead atoms. The lowest BCUT2D eigenvalue weighted by molar-refractivity contribution is -0.283. The minimum atomic E-state index is -1.46. The van der Waals surface area contributed by atoms with E-state index in [4.69, 9.17) is 38.9 Å². The lowest BCUT2D eigenvalue weighted by Gasteiger charge is -2.39. The van der Waals surface area contributed by atoms with Crippen molar-refractivity contribution in [2.75, 3.05) is 79.0 Å². The Balaban J connectivity index is 1.32. The summed E-state index contributed by atoms with van der Waals surface area (Å²) in [4.78, 5) is 1.75. The number of aliphatic hydroxyl groups excluding tert-OH is 5. The molecule has 2 saturated heterocycles. The van der Waals surface area contributed by atoms with Crippen LogP contribution >= 0.6 is 0 Å². The van der Waals surface area contributed by atoms with Gasteiger partial charge in [0.1, 0.15) is 24.4 Å². The van der Waals surface area contributed by atoms with Crippen molar-refractivity contribution in [2.45, 2.75) is 61.7 Å². The third-order valence-corrected chi connectivity index (χ3v) is 8.08. The van der Waals surface area contributed by atoms with Crippen molar-refractivity contribution in [3.05, 3.63) is 71.8 Å². The molecular weight excluding hydrogens is 628 g/mol. The Morgan fingerprint density at radius 1 is 0.708 bits per heavy atom. The van der Waals surface area contributed by atoms with Crippen LogP contribution in [0.25, 0.3) is 0 Å². The number of aliphatic hydroxyl groups is 5. The smallest absolute Gasteiger partial charge is 0.184 e. The van der Waals surface area contributed by atoms with Gasteiger partial charge in [0.05, 0.1) is 71.2 Å². The molecule has 2 aliphatic heterocycles. The van der Waals surface area contributed by atoms with Gasteiger partial charge in [0, 0.05) is 43.7 Å². The third-order valence-electron chi connectivity index (χ3n) is 8.08. The molecule has 48 heavy (non-hydrogen) atoms. The van der Waals surface area contributed by atoms with E-state index in [0.29, 0.717) is 46.1 Å². The molecular formula is C34H52N2O12. The van der Waals surface area contributed by atoms with E-state index in [2.05, 4.69) is 0 Å². The molecule has 2 fully saturated rings. The Hall–Kier alpha value is -2.12. The molecule has 0 radical (unpaired) electrons. The number of benzene rings is 2. The van der Waals surface area contributed by atoms with Crippen LogP contribution in [0, 0.1) is 0 Å². The summed E-state index contributed by atoms with van der Waals surface area (Å²) in [5.74, 6) is 0. The highest BCUT2D eigenvalue weighted by Crippen LogP contribution is 2.30. The van der Waals surface area contributed by atoms with Crippen LogP contribution in [0.5, 0.6) is 0 Å². The van der Waals surface area contributed by atoms with E-state index in [1.165, 1.54) is 0 Å². The predicted octanol–water partition coefficient (Wildman–Crippen LogP) is -0.280. The number of rotatable bonds is 21. The molecule has 14 heteroatoms. The predicted molar refractivity (Wildman–Crippen MR) is 173 cm³/mol. The van der Waals surface area contributed by atoms with Gasteiger partial charge in [-0.05, 0) is 0 Å². The van der Waals surface area contributed by atoms with Crippen molar-refractivity contribution in [3.8, 4) is 0 Å². The van der Waals surface area contributed by atoms with Crippen molar-refractivity contribution >= 4 is 0 Å². The summed E-state index contributed by atoms with van der Waals surface area (Å²) in [6, 6.07) is 18.5. The Bertz CT molecular complexity index is 1120. The van der Waals surface area contributed by atoms with E-state index in [1.807, 2.05) is 60.7 Å². The first-order valence-electron chi connectivity index (χ1n) is 16.6. The van der Waals surface area contributed by atoms with Crippen LogP contribution in [0.2, 0.25) is 0 Å². The van der Waals surface area contributed by atoms with Crippen LogP contribution in [0.15, 0.2) is 60.7 Å². The Labute approximate surface area is 281 Å². The van der Waals surface area contributed by atoms with E-state index in [0.717, 1.165) is 11.1 Å². The monoisotopic (exact) mass is 680 g/mol. The third kappa shape index (κ3) is 12.6. The summed E-state index contributed by atoms with van der Waals surface area (Å²) in [6.07, 6.45) is -9.07. The average molecular weight is 681 g/mol. The molecule has 2 unspecified atom stereocenters. The van der Waals surface area contributed by atoms with Crippen LogP contribution in [0.1, 0.15) is 30.1 Å². The molecule has 0 amide bonds. The lowest BCUT2D eigenvalue weighted by atomic mass is 10.0. The molecule has 14 nitrogen and oxygen atoms in total. The zero-order chi connectivity index (χ0) is 34.1. The van der Waals surface area contributed by atoms with Crippen molar-refractivity contribution < 1.29 is 58.7 Å². The minimum Gasteiger partial charge on any atom is -0.392 e. The second-order valence-corrected chi connectivity index (χ2v) is 11.9. The fraction of sp³-hybridized carbons (Fsp3) is 0.647. The number of nitrogens with two attached hydrogens (primary N) is 1. The number of ether oxygens (including phenoxy) is 7. The maximum Gasteiger partial charge on any atom is 0.184 e. The second-order valence-electron chi connectivity index (χ2n) is 11.9. The van der Waals surface area contributed by atoms with Gasteiger partial charge in [-0.15, -0.1) is 0 Å². The summed E-state index contributed by atoms with van der Waals surface area (Å²) in [6.45, 7) is 3.01. The van der Waals surface area contributed by atoms with Gasteiger partial charge in [-0.2, -0.15) is 0 Å². The average Bonchev–Trinajstić information content (AvgIpc) is 3.10. The first kappa shape index (κ1) is 38.7. The first-order valence-corrected chi connectivity index (χ1v) is 16.6. The van der Waals surface area contributed by atoms with Gasteiger partial charge >= 0.3 is 0 Å². The molecule has 9 atom stereocenters. The van der Waals surface area contributed by atoms with Crippen molar-refractivity contribution in [1.29, 1.82) is 0 Å². The van der Waals surface area contributed by atoms with E-state index in [9.17, 15) is 25.5 Å². The van der Waals surface area contributed by atoms with E-state index in [-0.39, 0.29) is 39.3 Å². The van der Waals surface area contributed by atoms with Gasteiger partial charge < -0.3 is 64.4 Å². The molecule has 2 aromatic carbocycles. The molecule has 270 valence electrons. The number of hydrogen-bond donors (Lipinski definition) is 6. The molecule has 2 heterocycles. The first-order chi connectivity index (χ1) is 23.4. The van der Waals surface area contributed by atoms with Gasteiger partial charge in [-0.1, -0.05) is 60.7 Å². The topological polar surface area (TPSA) is 195 Å². The highest BCUT2D eigenvalue weighted by Gasteiger charge is 2.40. The van der Waals surface area contributed by atoms with E-state index in [1.54, 1.807) is 4.90 Å². The highest BCUT2D eigenvalue weighted by atomic mass is 16.7. The molecule has 0 aliphatic carbocycles. The van der Waals surface area contributed by atoms with Crippen molar-refractivity contribution in [1.82, 2.24) is 4.90 Å². The molecule has 0 saturated carbocycles. The summed E-state index contributed by atoms with van der Waals surface area (Å²) < 4.78 is 39.7. The Kier molecular flexibility index (Phi) is 17.1. The largest absolute Gasteiger partial charge is 0.392 e. The van der Waals surface area contributed by atoms with Gasteiger partial charge in [-0.25, -0.2) is 0 Å². The van der Waals surface area contributed by atoms with Crippen LogP contribution in [0.3, 0.4) is 0 Å². The maximum atomic E-state index is 11.1. The summed E-state index contributed by atoms with van der Waals surface area (Å²) in [7, 11) is 0. The fourth-order valence-electron chi connectivity index (χ4n) is 5.53. The second kappa shape index (κ2) is 21.2. The van der Waals surface area contributed by atoms with Crippen LogP contribution in [-0.4, -0.2) is 152 Å².